The molecule has 0 N–H and O–H groups in total. The molecule has 0 aliphatic heterocycles. The molecule has 0 radical (unpaired) electrons. The fraction of sp³-hybridized carbons (Fsp3) is 0.625. The molecule has 0 bridgehead atoms. The van der Waals surface area contributed by atoms with Crippen molar-refractivity contribution in [3.8, 4) is 0 Å². The van der Waals surface area contributed by atoms with Crippen molar-refractivity contribution in [1.29, 1.82) is 0 Å². The SMILES string of the molecule is CN(C)CCN(c1cnn(C)c1)S(=O)[O-].Cl. The smallest absolute Gasteiger partial charge is 0.0862 e. The molecule has 1 aromatic rings. The zero-order chi connectivity index (χ0) is 11.4. The van der Waals surface area contributed by atoms with Crippen molar-refractivity contribution in [2.75, 3.05) is 31.5 Å². The summed E-state index contributed by atoms with van der Waals surface area (Å²) in [6.07, 6.45) is 3.21. The van der Waals surface area contributed by atoms with Crippen LogP contribution in [-0.4, -0.2) is 50.6 Å². The second-order valence-electron chi connectivity index (χ2n) is 3.49. The van der Waals surface area contributed by atoms with Crippen LogP contribution < -0.4 is 4.31 Å². The largest absolute Gasteiger partial charge is 0.755 e. The second kappa shape index (κ2) is 6.85. The molecule has 8 heteroatoms. The Hall–Kier alpha value is -0.630. The lowest BCUT2D eigenvalue weighted by Gasteiger charge is -2.25. The van der Waals surface area contributed by atoms with Crippen molar-refractivity contribution in [2.24, 2.45) is 7.05 Å². The van der Waals surface area contributed by atoms with Crippen LogP contribution >= 0.6 is 12.4 Å². The summed E-state index contributed by atoms with van der Waals surface area (Å²) in [6, 6.07) is 0. The van der Waals surface area contributed by atoms with Gasteiger partial charge in [0, 0.05) is 37.6 Å². The second-order valence-corrected chi connectivity index (χ2v) is 4.37. The van der Waals surface area contributed by atoms with Crippen molar-refractivity contribution < 1.29 is 8.76 Å². The third kappa shape index (κ3) is 4.48. The van der Waals surface area contributed by atoms with Crippen molar-refractivity contribution >= 4 is 29.4 Å². The van der Waals surface area contributed by atoms with E-state index in [1.165, 1.54) is 10.5 Å². The summed E-state index contributed by atoms with van der Waals surface area (Å²) in [4.78, 5) is 1.93. The molecule has 0 saturated heterocycles. The van der Waals surface area contributed by atoms with E-state index in [1.807, 2.05) is 19.0 Å². The molecule has 0 aromatic carbocycles. The van der Waals surface area contributed by atoms with E-state index in [4.69, 9.17) is 0 Å². The summed E-state index contributed by atoms with van der Waals surface area (Å²) in [5.74, 6) is 0. The number of aromatic nitrogens is 2. The van der Waals surface area contributed by atoms with E-state index >= 15 is 0 Å². The van der Waals surface area contributed by atoms with Gasteiger partial charge < -0.3 is 9.45 Å². The summed E-state index contributed by atoms with van der Waals surface area (Å²) in [5.41, 5.74) is 0.590. The quantitative estimate of drug-likeness (QED) is 0.705. The topological polar surface area (TPSA) is 64.4 Å². The molecular weight excluding hydrogens is 252 g/mol. The Labute approximate surface area is 104 Å². The summed E-state index contributed by atoms with van der Waals surface area (Å²) < 4.78 is 24.8. The van der Waals surface area contributed by atoms with E-state index in [1.54, 1.807) is 17.9 Å². The predicted octanol–water partition coefficient (Wildman–Crippen LogP) is 0.00400. The third-order valence-corrected chi connectivity index (χ3v) is 2.66. The monoisotopic (exact) mass is 267 g/mol. The molecule has 0 amide bonds. The van der Waals surface area contributed by atoms with Gasteiger partial charge in [-0.25, -0.2) is 0 Å². The Kier molecular flexibility index (Phi) is 6.58. The fourth-order valence-corrected chi connectivity index (χ4v) is 1.61. The third-order valence-electron chi connectivity index (χ3n) is 1.91. The number of rotatable bonds is 5. The van der Waals surface area contributed by atoms with Gasteiger partial charge in [-0.2, -0.15) is 5.10 Å². The standard InChI is InChI=1S/C8H16N4O2S.ClH/c1-10(2)4-5-12(15(13)14)8-6-9-11(3)7-8;/h6-7H,4-5H2,1-3H3,(H,13,14);1H/p-1. The first-order chi connectivity index (χ1) is 7.00. The van der Waals surface area contributed by atoms with Gasteiger partial charge in [-0.3, -0.25) is 13.2 Å². The first kappa shape index (κ1) is 15.4. The van der Waals surface area contributed by atoms with Gasteiger partial charge in [0.25, 0.3) is 0 Å². The van der Waals surface area contributed by atoms with E-state index in [0.717, 1.165) is 0 Å². The molecular formula is C8H16ClN4O2S-. The van der Waals surface area contributed by atoms with Crippen LogP contribution in [0.3, 0.4) is 0 Å². The molecule has 0 saturated carbocycles. The summed E-state index contributed by atoms with van der Waals surface area (Å²) in [7, 11) is 5.55. The van der Waals surface area contributed by atoms with Crippen LogP contribution in [0, 0.1) is 0 Å². The van der Waals surface area contributed by atoms with Gasteiger partial charge >= 0.3 is 0 Å². The lowest BCUT2D eigenvalue weighted by Crippen LogP contribution is -2.32. The van der Waals surface area contributed by atoms with E-state index in [9.17, 15) is 8.76 Å². The lowest BCUT2D eigenvalue weighted by atomic mass is 10.5. The van der Waals surface area contributed by atoms with Gasteiger partial charge in [0.05, 0.1) is 11.9 Å². The molecule has 6 nitrogen and oxygen atoms in total. The molecule has 1 aromatic heterocycles. The van der Waals surface area contributed by atoms with E-state index in [-0.39, 0.29) is 12.4 Å². The molecule has 1 atom stereocenters. The number of likely N-dealkylation sites (N-methyl/N-ethyl adjacent to an activating group) is 1. The number of hydrogen-bond acceptors (Lipinski definition) is 4. The number of halogens is 1. The fourth-order valence-electron chi connectivity index (χ4n) is 1.12. The normalized spacial score (nSPS) is 12.3. The maximum Gasteiger partial charge on any atom is 0.0862 e. The van der Waals surface area contributed by atoms with Gasteiger partial charge in [-0.15, -0.1) is 12.4 Å². The number of nitrogens with zero attached hydrogens (tertiary/aromatic N) is 4. The Morgan fingerprint density at radius 2 is 2.12 bits per heavy atom. The predicted molar refractivity (Wildman–Crippen MR) is 65.3 cm³/mol. The number of hydrogen-bond donors (Lipinski definition) is 0. The van der Waals surface area contributed by atoms with Crippen LogP contribution in [0.1, 0.15) is 0 Å². The minimum atomic E-state index is -2.25. The highest BCUT2D eigenvalue weighted by Crippen LogP contribution is 2.13. The van der Waals surface area contributed by atoms with Crippen molar-refractivity contribution in [3.63, 3.8) is 0 Å². The average molecular weight is 268 g/mol. The molecule has 0 spiro atoms. The minimum Gasteiger partial charge on any atom is -0.755 e. The van der Waals surface area contributed by atoms with Crippen molar-refractivity contribution in [3.05, 3.63) is 12.4 Å². The van der Waals surface area contributed by atoms with Gasteiger partial charge in [0.15, 0.2) is 0 Å². The van der Waals surface area contributed by atoms with Crippen LogP contribution in [0.4, 0.5) is 5.69 Å². The minimum absolute atomic E-state index is 0. The number of anilines is 1. The first-order valence-electron chi connectivity index (χ1n) is 4.51. The van der Waals surface area contributed by atoms with Crippen LogP contribution in [0.5, 0.6) is 0 Å². The highest BCUT2D eigenvalue weighted by atomic mass is 35.5. The van der Waals surface area contributed by atoms with Gasteiger partial charge in [-0.05, 0) is 14.1 Å². The Morgan fingerprint density at radius 3 is 2.50 bits per heavy atom. The van der Waals surface area contributed by atoms with Crippen LogP contribution in [0.25, 0.3) is 0 Å². The van der Waals surface area contributed by atoms with Gasteiger partial charge in [0.2, 0.25) is 0 Å². The Bertz CT molecular complexity index is 345. The maximum atomic E-state index is 11.0. The van der Waals surface area contributed by atoms with Crippen LogP contribution in [0.15, 0.2) is 12.4 Å². The molecule has 1 heterocycles. The maximum absolute atomic E-state index is 11.0. The lowest BCUT2D eigenvalue weighted by molar-refractivity contribution is 0.418. The first-order valence-corrected chi connectivity index (χ1v) is 5.54. The zero-order valence-electron chi connectivity index (χ0n) is 9.49. The van der Waals surface area contributed by atoms with E-state index in [2.05, 4.69) is 5.10 Å². The van der Waals surface area contributed by atoms with E-state index < -0.39 is 11.3 Å². The Balaban J connectivity index is 0.00000225. The molecule has 0 fully saturated rings. The summed E-state index contributed by atoms with van der Waals surface area (Å²) in [6.45, 7) is 1.09. The average Bonchev–Trinajstić information content (AvgIpc) is 2.51. The molecule has 1 unspecified atom stereocenters. The molecule has 0 aliphatic rings. The van der Waals surface area contributed by atoms with Gasteiger partial charge in [-0.1, -0.05) is 0 Å². The molecule has 94 valence electrons. The molecule has 16 heavy (non-hydrogen) atoms. The van der Waals surface area contributed by atoms with Gasteiger partial charge in [0.1, 0.15) is 0 Å². The number of aryl methyl sites for hydroxylation is 1. The Morgan fingerprint density at radius 1 is 1.50 bits per heavy atom. The van der Waals surface area contributed by atoms with E-state index in [0.29, 0.717) is 18.8 Å². The van der Waals surface area contributed by atoms with Crippen molar-refractivity contribution in [2.45, 2.75) is 0 Å². The summed E-state index contributed by atoms with van der Waals surface area (Å²) >= 11 is -2.25. The zero-order valence-corrected chi connectivity index (χ0v) is 11.1. The molecule has 1 rings (SSSR count). The van der Waals surface area contributed by atoms with Crippen LogP contribution in [0.2, 0.25) is 0 Å². The highest BCUT2D eigenvalue weighted by Gasteiger charge is 2.09. The van der Waals surface area contributed by atoms with Crippen LogP contribution in [-0.2, 0) is 18.3 Å². The summed E-state index contributed by atoms with van der Waals surface area (Å²) in [5, 5.41) is 3.94. The van der Waals surface area contributed by atoms with Crippen molar-refractivity contribution in [1.82, 2.24) is 14.7 Å². The molecule has 0 aliphatic carbocycles. The highest BCUT2D eigenvalue weighted by molar-refractivity contribution is 7.80.